The molecule has 0 amide bonds. The number of phenolic OH excluding ortho intramolecular Hbond substituents is 1. The van der Waals surface area contributed by atoms with Crippen LogP contribution in [0.1, 0.15) is 50.3 Å². The van der Waals surface area contributed by atoms with E-state index in [1.807, 2.05) is 18.2 Å². The van der Waals surface area contributed by atoms with E-state index >= 15 is 0 Å². The van der Waals surface area contributed by atoms with E-state index in [1.54, 1.807) is 6.07 Å². The number of phenols is 1. The van der Waals surface area contributed by atoms with Crippen molar-refractivity contribution in [3.8, 4) is 5.75 Å². The molecule has 0 heterocycles. The molecule has 106 valence electrons. The van der Waals surface area contributed by atoms with Crippen molar-refractivity contribution in [2.45, 2.75) is 39.2 Å². The lowest BCUT2D eigenvalue weighted by atomic mass is 9.98. The molecule has 2 aromatic rings. The van der Waals surface area contributed by atoms with Crippen molar-refractivity contribution in [1.29, 1.82) is 0 Å². The number of nitrogens with one attached hydrogen (secondary N) is 1. The summed E-state index contributed by atoms with van der Waals surface area (Å²) in [6, 6.07) is 16.1. The van der Waals surface area contributed by atoms with Gasteiger partial charge < -0.3 is 10.4 Å². The largest absolute Gasteiger partial charge is 0.508 e. The second-order valence-electron chi connectivity index (χ2n) is 5.36. The van der Waals surface area contributed by atoms with Crippen LogP contribution in [0.15, 0.2) is 48.5 Å². The minimum absolute atomic E-state index is 0.0747. The molecule has 0 bridgehead atoms. The van der Waals surface area contributed by atoms with E-state index in [4.69, 9.17) is 0 Å². The zero-order valence-electron chi connectivity index (χ0n) is 12.4. The van der Waals surface area contributed by atoms with Crippen molar-refractivity contribution >= 4 is 5.69 Å². The lowest BCUT2D eigenvalue weighted by Crippen LogP contribution is -2.06. The fourth-order valence-electron chi connectivity index (χ4n) is 2.33. The van der Waals surface area contributed by atoms with Crippen LogP contribution in [0.5, 0.6) is 5.75 Å². The Labute approximate surface area is 121 Å². The third-order valence-corrected chi connectivity index (χ3v) is 3.88. The summed E-state index contributed by atoms with van der Waals surface area (Å²) >= 11 is 0. The Morgan fingerprint density at radius 2 is 1.65 bits per heavy atom. The summed E-state index contributed by atoms with van der Waals surface area (Å²) in [7, 11) is 0. The monoisotopic (exact) mass is 269 g/mol. The summed E-state index contributed by atoms with van der Waals surface area (Å²) in [4.78, 5) is 0. The number of hydrogen-bond donors (Lipinski definition) is 2. The van der Waals surface area contributed by atoms with E-state index in [9.17, 15) is 5.11 Å². The van der Waals surface area contributed by atoms with Crippen molar-refractivity contribution in [2.75, 3.05) is 5.32 Å². The standard InChI is InChI=1S/C18H23NO/c1-4-13(2)15-9-11-16(12-10-15)19-14(3)17-7-5-6-8-18(17)20/h5-14,19-20H,4H2,1-3H3. The minimum atomic E-state index is 0.0747. The molecule has 2 rings (SSSR count). The van der Waals surface area contributed by atoms with Gasteiger partial charge >= 0.3 is 0 Å². The number of para-hydroxylation sites is 1. The number of benzene rings is 2. The average molecular weight is 269 g/mol. The summed E-state index contributed by atoms with van der Waals surface area (Å²) in [5.74, 6) is 0.934. The van der Waals surface area contributed by atoms with Crippen LogP contribution < -0.4 is 5.32 Å². The van der Waals surface area contributed by atoms with Gasteiger partial charge in [-0.25, -0.2) is 0 Å². The maximum absolute atomic E-state index is 9.87. The number of aromatic hydroxyl groups is 1. The van der Waals surface area contributed by atoms with Gasteiger partial charge in [0.05, 0.1) is 6.04 Å². The summed E-state index contributed by atoms with van der Waals surface area (Å²) in [5, 5.41) is 13.3. The smallest absolute Gasteiger partial charge is 0.120 e. The van der Waals surface area contributed by atoms with Gasteiger partial charge in [0.15, 0.2) is 0 Å². The van der Waals surface area contributed by atoms with Crippen LogP contribution in [0.4, 0.5) is 5.69 Å². The maximum atomic E-state index is 9.87. The van der Waals surface area contributed by atoms with Gasteiger partial charge in [-0.05, 0) is 43.0 Å². The third kappa shape index (κ3) is 3.32. The molecule has 2 N–H and O–H groups in total. The quantitative estimate of drug-likeness (QED) is 0.793. The van der Waals surface area contributed by atoms with E-state index in [0.717, 1.165) is 17.7 Å². The molecule has 0 aliphatic heterocycles. The van der Waals surface area contributed by atoms with Gasteiger partial charge in [0.1, 0.15) is 5.75 Å². The molecule has 2 unspecified atom stereocenters. The summed E-state index contributed by atoms with van der Waals surface area (Å²) in [5.41, 5.74) is 3.36. The van der Waals surface area contributed by atoms with Crippen molar-refractivity contribution in [3.05, 3.63) is 59.7 Å². The molecule has 0 fully saturated rings. The third-order valence-electron chi connectivity index (χ3n) is 3.88. The molecule has 0 spiro atoms. The summed E-state index contributed by atoms with van der Waals surface area (Å²) in [6.45, 7) is 6.50. The number of rotatable bonds is 5. The molecule has 20 heavy (non-hydrogen) atoms. The lowest BCUT2D eigenvalue weighted by Gasteiger charge is -2.17. The Morgan fingerprint density at radius 1 is 1.00 bits per heavy atom. The van der Waals surface area contributed by atoms with Crippen LogP contribution in [-0.4, -0.2) is 5.11 Å². The van der Waals surface area contributed by atoms with Crippen molar-refractivity contribution in [3.63, 3.8) is 0 Å². The van der Waals surface area contributed by atoms with E-state index < -0.39 is 0 Å². The Balaban J connectivity index is 2.08. The van der Waals surface area contributed by atoms with E-state index in [0.29, 0.717) is 11.7 Å². The summed E-state index contributed by atoms with van der Waals surface area (Å²) in [6.07, 6.45) is 1.15. The fraction of sp³-hybridized carbons (Fsp3) is 0.333. The molecule has 0 radical (unpaired) electrons. The molecule has 0 aliphatic rings. The topological polar surface area (TPSA) is 32.3 Å². The van der Waals surface area contributed by atoms with E-state index in [1.165, 1.54) is 5.56 Å². The van der Waals surface area contributed by atoms with Crippen LogP contribution in [0.25, 0.3) is 0 Å². The van der Waals surface area contributed by atoms with Gasteiger partial charge in [0, 0.05) is 11.3 Å². The normalized spacial score (nSPS) is 13.8. The highest BCUT2D eigenvalue weighted by Crippen LogP contribution is 2.27. The Bertz CT molecular complexity index is 548. The van der Waals surface area contributed by atoms with Gasteiger partial charge in [-0.15, -0.1) is 0 Å². The lowest BCUT2D eigenvalue weighted by molar-refractivity contribution is 0.465. The molecular formula is C18H23NO. The minimum Gasteiger partial charge on any atom is -0.508 e. The highest BCUT2D eigenvalue weighted by Gasteiger charge is 2.09. The SMILES string of the molecule is CCC(C)c1ccc(NC(C)c2ccccc2O)cc1. The molecule has 2 aromatic carbocycles. The molecule has 0 saturated carbocycles. The second-order valence-corrected chi connectivity index (χ2v) is 5.36. The first-order chi connectivity index (χ1) is 9.61. The van der Waals surface area contributed by atoms with Crippen molar-refractivity contribution in [1.82, 2.24) is 0 Å². The fourth-order valence-corrected chi connectivity index (χ4v) is 2.33. The van der Waals surface area contributed by atoms with E-state index in [2.05, 4.69) is 50.4 Å². The first-order valence-corrected chi connectivity index (χ1v) is 7.26. The molecule has 2 heteroatoms. The van der Waals surface area contributed by atoms with Crippen LogP contribution in [-0.2, 0) is 0 Å². The Kier molecular flexibility index (Phi) is 4.67. The zero-order valence-corrected chi connectivity index (χ0v) is 12.4. The Morgan fingerprint density at radius 3 is 2.25 bits per heavy atom. The van der Waals surface area contributed by atoms with Crippen molar-refractivity contribution < 1.29 is 5.11 Å². The zero-order chi connectivity index (χ0) is 14.5. The number of hydrogen-bond acceptors (Lipinski definition) is 2. The first kappa shape index (κ1) is 14.4. The number of anilines is 1. The van der Waals surface area contributed by atoms with Gasteiger partial charge in [0.2, 0.25) is 0 Å². The molecule has 2 nitrogen and oxygen atoms in total. The first-order valence-electron chi connectivity index (χ1n) is 7.26. The van der Waals surface area contributed by atoms with Crippen LogP contribution >= 0.6 is 0 Å². The van der Waals surface area contributed by atoms with Gasteiger partial charge in [-0.3, -0.25) is 0 Å². The molecule has 0 aromatic heterocycles. The summed E-state index contributed by atoms with van der Waals surface area (Å²) < 4.78 is 0. The van der Waals surface area contributed by atoms with Crippen LogP contribution in [0.3, 0.4) is 0 Å². The van der Waals surface area contributed by atoms with Crippen molar-refractivity contribution in [2.24, 2.45) is 0 Å². The molecule has 0 saturated heterocycles. The van der Waals surface area contributed by atoms with Gasteiger partial charge in [-0.2, -0.15) is 0 Å². The van der Waals surface area contributed by atoms with Gasteiger partial charge in [0.25, 0.3) is 0 Å². The van der Waals surface area contributed by atoms with E-state index in [-0.39, 0.29) is 6.04 Å². The van der Waals surface area contributed by atoms with Crippen LogP contribution in [0, 0.1) is 0 Å². The predicted octanol–water partition coefficient (Wildman–Crippen LogP) is 5.08. The average Bonchev–Trinajstić information content (AvgIpc) is 2.47. The highest BCUT2D eigenvalue weighted by molar-refractivity contribution is 5.48. The highest BCUT2D eigenvalue weighted by atomic mass is 16.3. The second kappa shape index (κ2) is 6.47. The molecule has 0 aliphatic carbocycles. The maximum Gasteiger partial charge on any atom is 0.120 e. The Hall–Kier alpha value is -1.96. The van der Waals surface area contributed by atoms with Crippen LogP contribution in [0.2, 0.25) is 0 Å². The predicted molar refractivity (Wildman–Crippen MR) is 85.3 cm³/mol. The molecular weight excluding hydrogens is 246 g/mol. The molecule has 2 atom stereocenters. The van der Waals surface area contributed by atoms with Gasteiger partial charge in [-0.1, -0.05) is 44.2 Å².